The number of para-hydroxylation sites is 1. The zero-order valence-electron chi connectivity index (χ0n) is 19.1. The number of fused-ring (bicyclic) bond motifs is 1. The summed E-state index contributed by atoms with van der Waals surface area (Å²) in [6.07, 6.45) is 3.75. The summed E-state index contributed by atoms with van der Waals surface area (Å²) in [5.41, 5.74) is 10.9. The van der Waals surface area contributed by atoms with Crippen molar-refractivity contribution in [2.45, 2.75) is 26.7 Å². The quantitative estimate of drug-likeness (QED) is 0.389. The van der Waals surface area contributed by atoms with E-state index in [2.05, 4.69) is 37.4 Å². The van der Waals surface area contributed by atoms with Gasteiger partial charge in [-0.3, -0.25) is 9.20 Å². The predicted molar refractivity (Wildman–Crippen MR) is 130 cm³/mol. The molecule has 3 N–H and O–H groups in total. The molecule has 2 aromatic heterocycles. The van der Waals surface area contributed by atoms with Crippen LogP contribution in [0.15, 0.2) is 60.8 Å². The minimum atomic E-state index is -0.554. The van der Waals surface area contributed by atoms with Crippen molar-refractivity contribution < 1.29 is 14.3 Å². The Labute approximate surface area is 193 Å². The lowest BCUT2D eigenvalue weighted by atomic mass is 10.0. The average molecular weight is 445 g/mol. The number of ether oxygens (including phenoxy) is 2. The Kier molecular flexibility index (Phi) is 6.49. The van der Waals surface area contributed by atoms with Gasteiger partial charge >= 0.3 is 0 Å². The number of nitrogens with zero attached hydrogens (tertiary/aromatic N) is 2. The number of aromatic nitrogens is 2. The normalized spacial score (nSPS) is 10.9. The standard InChI is InChI=1S/C26H28N4O3/c1-4-17-10-8-11-18(5-2)24(17)29-26-25(28-22-14-6-7-15-30(22)26)23-19(32-3)12-9-13-20(23)33-16-21(27)31/h6-15,29H,4-5,16H2,1-3H3,(H2,27,31). The summed E-state index contributed by atoms with van der Waals surface area (Å²) in [6.45, 7) is 4.05. The summed E-state index contributed by atoms with van der Waals surface area (Å²) in [4.78, 5) is 16.3. The Hall–Kier alpha value is -4.00. The van der Waals surface area contributed by atoms with Gasteiger partial charge < -0.3 is 20.5 Å². The number of imidazole rings is 1. The molecule has 0 bridgehead atoms. The van der Waals surface area contributed by atoms with Crippen LogP contribution in [-0.2, 0) is 17.6 Å². The molecule has 2 aromatic carbocycles. The van der Waals surface area contributed by atoms with Gasteiger partial charge in [0.05, 0.1) is 12.7 Å². The fourth-order valence-electron chi connectivity index (χ4n) is 3.99. The summed E-state index contributed by atoms with van der Waals surface area (Å²) in [5, 5.41) is 3.67. The second kappa shape index (κ2) is 9.65. The highest BCUT2D eigenvalue weighted by atomic mass is 16.5. The van der Waals surface area contributed by atoms with Gasteiger partial charge in [-0.05, 0) is 48.2 Å². The fraction of sp³-hybridized carbons (Fsp3) is 0.231. The van der Waals surface area contributed by atoms with E-state index < -0.39 is 5.91 Å². The van der Waals surface area contributed by atoms with Gasteiger partial charge in [0.15, 0.2) is 6.61 Å². The van der Waals surface area contributed by atoms with Crippen LogP contribution in [0.3, 0.4) is 0 Å². The summed E-state index contributed by atoms with van der Waals surface area (Å²) in [5.74, 6) is 1.29. The third-order valence-corrected chi connectivity index (χ3v) is 5.59. The first-order valence-corrected chi connectivity index (χ1v) is 11.0. The Bertz CT molecular complexity index is 1270. The number of anilines is 2. The summed E-state index contributed by atoms with van der Waals surface area (Å²) in [6, 6.07) is 17.6. The Morgan fingerprint density at radius 1 is 1.00 bits per heavy atom. The number of primary amides is 1. The Morgan fingerprint density at radius 2 is 1.70 bits per heavy atom. The molecule has 0 spiro atoms. The van der Waals surface area contributed by atoms with Crippen molar-refractivity contribution in [3.8, 4) is 22.8 Å². The molecule has 0 saturated carbocycles. The topological polar surface area (TPSA) is 90.9 Å². The van der Waals surface area contributed by atoms with Crippen molar-refractivity contribution in [2.24, 2.45) is 5.73 Å². The average Bonchev–Trinajstić information content (AvgIpc) is 3.20. The molecule has 7 heteroatoms. The third kappa shape index (κ3) is 4.35. The number of nitrogens with one attached hydrogen (secondary N) is 1. The van der Waals surface area contributed by atoms with Crippen LogP contribution in [0.25, 0.3) is 16.9 Å². The van der Waals surface area contributed by atoms with E-state index in [1.807, 2.05) is 40.9 Å². The number of carbonyl (C=O) groups is 1. The molecule has 170 valence electrons. The zero-order valence-corrected chi connectivity index (χ0v) is 19.1. The number of aryl methyl sites for hydroxylation is 2. The molecule has 0 aliphatic heterocycles. The van der Waals surface area contributed by atoms with Crippen LogP contribution in [0.5, 0.6) is 11.5 Å². The first-order valence-electron chi connectivity index (χ1n) is 11.0. The first kappa shape index (κ1) is 22.2. The minimum absolute atomic E-state index is 0.241. The summed E-state index contributed by atoms with van der Waals surface area (Å²) >= 11 is 0. The van der Waals surface area contributed by atoms with Crippen molar-refractivity contribution in [2.75, 3.05) is 19.0 Å². The maximum Gasteiger partial charge on any atom is 0.255 e. The molecular formula is C26H28N4O3. The van der Waals surface area contributed by atoms with Gasteiger partial charge in [-0.15, -0.1) is 0 Å². The zero-order chi connectivity index (χ0) is 23.4. The molecular weight excluding hydrogens is 416 g/mol. The van der Waals surface area contributed by atoms with Crippen LogP contribution in [-0.4, -0.2) is 29.0 Å². The number of methoxy groups -OCH3 is 1. The van der Waals surface area contributed by atoms with Gasteiger partial charge in [-0.2, -0.15) is 0 Å². The molecule has 1 amide bonds. The molecule has 0 aliphatic carbocycles. The lowest BCUT2D eigenvalue weighted by Crippen LogP contribution is -2.20. The van der Waals surface area contributed by atoms with E-state index >= 15 is 0 Å². The molecule has 7 nitrogen and oxygen atoms in total. The van der Waals surface area contributed by atoms with E-state index in [-0.39, 0.29) is 6.61 Å². The Morgan fingerprint density at radius 3 is 2.36 bits per heavy atom. The largest absolute Gasteiger partial charge is 0.496 e. The molecule has 0 aliphatic rings. The third-order valence-electron chi connectivity index (χ3n) is 5.59. The maximum absolute atomic E-state index is 11.4. The number of hydrogen-bond donors (Lipinski definition) is 2. The summed E-state index contributed by atoms with van der Waals surface area (Å²) < 4.78 is 13.4. The van der Waals surface area contributed by atoms with Gasteiger partial charge in [0.2, 0.25) is 0 Å². The highest BCUT2D eigenvalue weighted by molar-refractivity contribution is 5.87. The maximum atomic E-state index is 11.4. The Balaban J connectivity index is 1.96. The minimum Gasteiger partial charge on any atom is -0.496 e. The summed E-state index contributed by atoms with van der Waals surface area (Å²) in [7, 11) is 1.60. The van der Waals surface area contributed by atoms with Crippen molar-refractivity contribution in [1.82, 2.24) is 9.38 Å². The molecule has 4 aromatic rings. The van der Waals surface area contributed by atoms with Gasteiger partial charge in [0.25, 0.3) is 5.91 Å². The lowest BCUT2D eigenvalue weighted by molar-refractivity contribution is -0.119. The number of benzene rings is 2. The van der Waals surface area contributed by atoms with E-state index in [1.54, 1.807) is 13.2 Å². The van der Waals surface area contributed by atoms with E-state index in [0.29, 0.717) is 22.8 Å². The number of carbonyl (C=O) groups excluding carboxylic acids is 1. The highest BCUT2D eigenvalue weighted by Gasteiger charge is 2.23. The highest BCUT2D eigenvalue weighted by Crippen LogP contribution is 2.43. The van der Waals surface area contributed by atoms with E-state index in [9.17, 15) is 4.79 Å². The molecule has 0 unspecified atom stereocenters. The van der Waals surface area contributed by atoms with Gasteiger partial charge in [-0.1, -0.05) is 44.2 Å². The van der Waals surface area contributed by atoms with Crippen LogP contribution in [0, 0.1) is 0 Å². The van der Waals surface area contributed by atoms with Crippen LogP contribution < -0.4 is 20.5 Å². The van der Waals surface area contributed by atoms with Crippen LogP contribution in [0.1, 0.15) is 25.0 Å². The molecule has 0 saturated heterocycles. The van der Waals surface area contributed by atoms with Gasteiger partial charge in [-0.25, -0.2) is 4.98 Å². The second-order valence-corrected chi connectivity index (χ2v) is 7.61. The first-order chi connectivity index (χ1) is 16.1. The molecule has 33 heavy (non-hydrogen) atoms. The number of amides is 1. The lowest BCUT2D eigenvalue weighted by Gasteiger charge is -2.18. The van der Waals surface area contributed by atoms with Crippen molar-refractivity contribution in [3.63, 3.8) is 0 Å². The van der Waals surface area contributed by atoms with E-state index in [4.69, 9.17) is 20.2 Å². The van der Waals surface area contributed by atoms with Crippen LogP contribution in [0.2, 0.25) is 0 Å². The van der Waals surface area contributed by atoms with Crippen LogP contribution >= 0.6 is 0 Å². The predicted octanol–water partition coefficient (Wildman–Crippen LogP) is 4.74. The van der Waals surface area contributed by atoms with Gasteiger partial charge in [0.1, 0.15) is 28.7 Å². The molecule has 0 fully saturated rings. The molecule has 0 radical (unpaired) electrons. The fourth-order valence-corrected chi connectivity index (χ4v) is 3.99. The number of nitrogens with two attached hydrogens (primary N) is 1. The SMILES string of the molecule is CCc1cccc(CC)c1Nc1c(-c2c(OC)cccc2OCC(N)=O)nc2ccccn12. The monoisotopic (exact) mass is 444 g/mol. The van der Waals surface area contributed by atoms with Crippen molar-refractivity contribution in [1.29, 1.82) is 0 Å². The number of rotatable bonds is 9. The van der Waals surface area contributed by atoms with E-state index in [0.717, 1.165) is 30.0 Å². The van der Waals surface area contributed by atoms with Crippen molar-refractivity contribution >= 4 is 23.1 Å². The number of hydrogen-bond acceptors (Lipinski definition) is 5. The second-order valence-electron chi connectivity index (χ2n) is 7.61. The molecule has 2 heterocycles. The van der Waals surface area contributed by atoms with Crippen molar-refractivity contribution in [3.05, 3.63) is 71.9 Å². The van der Waals surface area contributed by atoms with Crippen LogP contribution in [0.4, 0.5) is 11.5 Å². The molecule has 0 atom stereocenters. The number of pyridine rings is 1. The smallest absolute Gasteiger partial charge is 0.255 e. The van der Waals surface area contributed by atoms with Gasteiger partial charge in [0, 0.05) is 11.9 Å². The molecule has 4 rings (SSSR count). The van der Waals surface area contributed by atoms with E-state index in [1.165, 1.54) is 11.1 Å².